The first kappa shape index (κ1) is 57.8. The van der Waals surface area contributed by atoms with Gasteiger partial charge in [-0.2, -0.15) is 0 Å². The number of ether oxygens (including phenoxy) is 2. The van der Waals surface area contributed by atoms with Crippen molar-refractivity contribution in [1.29, 1.82) is 0 Å². The Hall–Kier alpha value is -1.18. The summed E-state index contributed by atoms with van der Waals surface area (Å²) in [4.78, 5) is 25.1. The van der Waals surface area contributed by atoms with E-state index in [0.29, 0.717) is 17.4 Å². The van der Waals surface area contributed by atoms with Gasteiger partial charge in [0.1, 0.15) is 19.8 Å². The summed E-state index contributed by atoms with van der Waals surface area (Å²) in [6, 6.07) is 0. The van der Waals surface area contributed by atoms with E-state index in [9.17, 15) is 14.3 Å². The molecule has 0 aromatic carbocycles. The Bertz CT molecular complexity index is 998. The van der Waals surface area contributed by atoms with Crippen LogP contribution in [0.1, 0.15) is 239 Å². The molecule has 0 aromatic heterocycles. The van der Waals surface area contributed by atoms with Crippen LogP contribution in [-0.4, -0.2) is 64.1 Å². The van der Waals surface area contributed by atoms with Crippen LogP contribution < -0.4 is 4.89 Å². The van der Waals surface area contributed by atoms with Crippen LogP contribution in [0.3, 0.4) is 0 Å². The highest BCUT2D eigenvalue weighted by Gasteiger charge is 2.20. The fraction of sp³-hybridized carbons (Fsp3) is 0.900. The number of hydrogen-bond donors (Lipinski definition) is 0. The summed E-state index contributed by atoms with van der Waals surface area (Å²) < 4.78 is 34.5. The number of allylic oxidation sites excluding steroid dienone is 3. The third-order valence-electron chi connectivity index (χ3n) is 11.1. The van der Waals surface area contributed by atoms with E-state index in [1.54, 1.807) is 6.26 Å². The van der Waals surface area contributed by atoms with Crippen molar-refractivity contribution in [3.63, 3.8) is 0 Å². The lowest BCUT2D eigenvalue weighted by molar-refractivity contribution is -0.870. The minimum Gasteiger partial charge on any atom is -0.756 e. The quantitative estimate of drug-likeness (QED) is 0.0150. The van der Waals surface area contributed by atoms with Crippen LogP contribution in [0.25, 0.3) is 0 Å². The highest BCUT2D eigenvalue weighted by Crippen LogP contribution is 2.38. The van der Waals surface area contributed by atoms with Gasteiger partial charge in [-0.25, -0.2) is 0 Å². The number of carbonyl (C=O) groups is 1. The van der Waals surface area contributed by atoms with Crippen molar-refractivity contribution in [3.8, 4) is 0 Å². The molecule has 9 heteroatoms. The smallest absolute Gasteiger partial charge is 0.306 e. The van der Waals surface area contributed by atoms with E-state index in [-0.39, 0.29) is 25.8 Å². The van der Waals surface area contributed by atoms with Gasteiger partial charge in [-0.1, -0.05) is 199 Å². The maximum Gasteiger partial charge on any atom is 0.306 e. The van der Waals surface area contributed by atoms with Gasteiger partial charge in [0.2, 0.25) is 0 Å². The number of nitrogens with zero attached hydrogens (tertiary/aromatic N) is 1. The van der Waals surface area contributed by atoms with Crippen LogP contribution >= 0.6 is 7.82 Å². The van der Waals surface area contributed by atoms with E-state index in [1.165, 1.54) is 186 Å². The minimum absolute atomic E-state index is 0.0186. The van der Waals surface area contributed by atoms with Crippen LogP contribution in [0.2, 0.25) is 0 Å². The Morgan fingerprint density at radius 2 is 0.898 bits per heavy atom. The molecule has 59 heavy (non-hydrogen) atoms. The fourth-order valence-corrected chi connectivity index (χ4v) is 7.88. The molecular weight excluding hydrogens is 758 g/mol. The molecule has 350 valence electrons. The first-order chi connectivity index (χ1) is 28.6. The number of carbonyl (C=O) groups excluding carboxylic acids is 1. The zero-order chi connectivity index (χ0) is 43.4. The molecule has 0 heterocycles. The molecular formula is C50H98NO7P. The zero-order valence-corrected chi connectivity index (χ0v) is 40.6. The highest BCUT2D eigenvalue weighted by atomic mass is 31.2. The third-order valence-corrected chi connectivity index (χ3v) is 12.0. The molecule has 0 aromatic rings. The van der Waals surface area contributed by atoms with Crippen molar-refractivity contribution in [1.82, 2.24) is 0 Å². The van der Waals surface area contributed by atoms with Crippen molar-refractivity contribution in [3.05, 3.63) is 24.5 Å². The summed E-state index contributed by atoms with van der Waals surface area (Å²) in [5.74, 6) is -0.353. The standard InChI is InChI=1S/C50H98NO7P/c1-6-8-10-12-14-16-18-20-22-24-25-26-27-28-29-31-33-35-37-39-41-43-50(52)58-49(48-57-59(53,54)56-46-44-51(3,4)5)47-55-45-42-40-38-36-34-32-30-23-21-19-17-15-13-11-9-7-2/h20,22,42,45,49H,6-19,21,23-41,43-44,46-48H2,1-5H3/b22-20+,45-42+/t49-/m1/s1. The number of rotatable bonds is 47. The molecule has 0 saturated heterocycles. The second-order valence-corrected chi connectivity index (χ2v) is 19.7. The Balaban J connectivity index is 4.16. The minimum atomic E-state index is -4.54. The summed E-state index contributed by atoms with van der Waals surface area (Å²) in [5.41, 5.74) is 0. The van der Waals surface area contributed by atoms with Gasteiger partial charge in [0, 0.05) is 6.42 Å². The molecule has 8 nitrogen and oxygen atoms in total. The molecule has 0 spiro atoms. The Morgan fingerprint density at radius 3 is 1.31 bits per heavy atom. The van der Waals surface area contributed by atoms with E-state index >= 15 is 0 Å². The van der Waals surface area contributed by atoms with Crippen LogP contribution in [0.15, 0.2) is 24.5 Å². The van der Waals surface area contributed by atoms with E-state index in [4.69, 9.17) is 18.5 Å². The van der Waals surface area contributed by atoms with E-state index in [0.717, 1.165) is 32.1 Å². The predicted octanol–water partition coefficient (Wildman–Crippen LogP) is 14.9. The number of hydrogen-bond acceptors (Lipinski definition) is 7. The molecule has 0 radical (unpaired) electrons. The molecule has 0 bridgehead atoms. The fourth-order valence-electron chi connectivity index (χ4n) is 7.16. The van der Waals surface area contributed by atoms with Crippen molar-refractivity contribution in [2.24, 2.45) is 0 Å². The predicted molar refractivity (Wildman–Crippen MR) is 249 cm³/mol. The lowest BCUT2D eigenvalue weighted by Gasteiger charge is -2.28. The summed E-state index contributed by atoms with van der Waals surface area (Å²) in [7, 11) is 1.33. The van der Waals surface area contributed by atoms with Crippen molar-refractivity contribution < 1.29 is 37.3 Å². The van der Waals surface area contributed by atoms with Crippen molar-refractivity contribution in [2.75, 3.05) is 47.5 Å². The van der Waals surface area contributed by atoms with Gasteiger partial charge in [0.25, 0.3) is 7.82 Å². The topological polar surface area (TPSA) is 94.1 Å². The number of unbranched alkanes of at least 4 members (excludes halogenated alkanes) is 31. The molecule has 0 aliphatic heterocycles. The van der Waals surface area contributed by atoms with Gasteiger partial charge in [-0.3, -0.25) is 9.36 Å². The van der Waals surface area contributed by atoms with Crippen LogP contribution in [0, 0.1) is 0 Å². The highest BCUT2D eigenvalue weighted by molar-refractivity contribution is 7.45. The van der Waals surface area contributed by atoms with Gasteiger partial charge < -0.3 is 27.9 Å². The second-order valence-electron chi connectivity index (χ2n) is 18.2. The molecule has 1 unspecified atom stereocenters. The number of esters is 1. The number of phosphoric ester groups is 1. The van der Waals surface area contributed by atoms with Gasteiger partial charge in [-0.05, 0) is 51.0 Å². The van der Waals surface area contributed by atoms with E-state index in [1.807, 2.05) is 27.2 Å². The van der Waals surface area contributed by atoms with Gasteiger partial charge in [0.15, 0.2) is 6.10 Å². The Morgan fingerprint density at radius 1 is 0.525 bits per heavy atom. The summed E-state index contributed by atoms with van der Waals surface area (Å²) in [6.45, 7) is 4.77. The average molecular weight is 856 g/mol. The van der Waals surface area contributed by atoms with Crippen molar-refractivity contribution >= 4 is 13.8 Å². The largest absolute Gasteiger partial charge is 0.756 e. The maximum atomic E-state index is 12.7. The third kappa shape index (κ3) is 47.7. The Labute approximate surface area is 366 Å². The number of quaternary nitrogens is 1. The molecule has 0 saturated carbocycles. The lowest BCUT2D eigenvalue weighted by Crippen LogP contribution is -2.37. The van der Waals surface area contributed by atoms with Gasteiger partial charge >= 0.3 is 5.97 Å². The summed E-state index contributed by atoms with van der Waals surface area (Å²) in [5, 5.41) is 0. The number of phosphoric acid groups is 1. The van der Waals surface area contributed by atoms with Gasteiger partial charge in [-0.15, -0.1) is 0 Å². The molecule has 2 atom stereocenters. The maximum absolute atomic E-state index is 12.7. The van der Waals surface area contributed by atoms with Crippen molar-refractivity contribution in [2.45, 2.75) is 245 Å². The summed E-state index contributed by atoms with van der Waals surface area (Å²) in [6.07, 6.45) is 51.5. The van der Waals surface area contributed by atoms with Crippen LogP contribution in [0.4, 0.5) is 0 Å². The molecule has 0 aliphatic rings. The average Bonchev–Trinajstić information content (AvgIpc) is 3.19. The zero-order valence-electron chi connectivity index (χ0n) is 39.7. The first-order valence-electron chi connectivity index (χ1n) is 25.1. The Kier molecular flexibility index (Phi) is 42.6. The molecule has 0 aliphatic carbocycles. The lowest BCUT2D eigenvalue weighted by atomic mass is 10.0. The molecule has 0 rings (SSSR count). The molecule has 0 N–H and O–H groups in total. The van der Waals surface area contributed by atoms with E-state index in [2.05, 4.69) is 26.0 Å². The van der Waals surface area contributed by atoms with E-state index < -0.39 is 13.9 Å². The molecule has 0 fully saturated rings. The van der Waals surface area contributed by atoms with Gasteiger partial charge in [0.05, 0.1) is 34.0 Å². The number of likely N-dealkylation sites (N-methyl/N-ethyl adjacent to an activating group) is 1. The normalized spacial score (nSPS) is 13.7. The first-order valence-corrected chi connectivity index (χ1v) is 26.6. The van der Waals surface area contributed by atoms with Crippen LogP contribution in [0.5, 0.6) is 0 Å². The van der Waals surface area contributed by atoms with Crippen LogP contribution in [-0.2, 0) is 27.9 Å². The SMILES string of the molecule is CCCCCCCC/C=C/CCCCCCCCCCCCCC(=O)O[C@H](CO/C=C/CCCCCCCCCCCCCCCC)COP(=O)([O-])OCC[N+](C)(C)C. The monoisotopic (exact) mass is 856 g/mol. The summed E-state index contributed by atoms with van der Waals surface area (Å²) >= 11 is 0. The molecule has 0 amide bonds. The second kappa shape index (κ2) is 43.5.